The van der Waals surface area contributed by atoms with Crippen molar-refractivity contribution in [2.45, 2.75) is 25.9 Å². The van der Waals surface area contributed by atoms with Crippen molar-refractivity contribution in [3.05, 3.63) is 99.6 Å². The molecule has 2 aromatic carbocycles. The highest BCUT2D eigenvalue weighted by Gasteiger charge is 2.42. The number of thiocarbonyl (C=S) groups is 1. The Morgan fingerprint density at radius 3 is 2.59 bits per heavy atom. The number of anilines is 2. The van der Waals surface area contributed by atoms with Gasteiger partial charge in [0.15, 0.2) is 5.11 Å². The van der Waals surface area contributed by atoms with E-state index in [4.69, 9.17) is 44.9 Å². The number of nitrogens with zero attached hydrogens (tertiary/aromatic N) is 3. The monoisotopic (exact) mass is 609 g/mol. The molecule has 0 unspecified atom stereocenters. The minimum atomic E-state index is -0.294. The predicted molar refractivity (Wildman–Crippen MR) is 167 cm³/mol. The molecule has 3 heterocycles. The SMILES string of the molecule is COCC(=O)Nc1ccc(N2C(=S)N[C@@H](c3ccccn3)[C@@H]2c2cc(C)n(-c3cc(Cl)ccc3OC)c2C)cc1Cl. The summed E-state index contributed by atoms with van der Waals surface area (Å²) in [6.45, 7) is 4.05. The van der Waals surface area contributed by atoms with E-state index in [0.717, 1.165) is 34.0 Å². The van der Waals surface area contributed by atoms with Crippen LogP contribution in [0.4, 0.5) is 11.4 Å². The van der Waals surface area contributed by atoms with E-state index in [1.807, 2.05) is 54.3 Å². The Labute approximate surface area is 254 Å². The molecule has 2 aromatic heterocycles. The van der Waals surface area contributed by atoms with Crippen LogP contribution in [0, 0.1) is 13.8 Å². The summed E-state index contributed by atoms with van der Waals surface area (Å²) in [7, 11) is 3.11. The molecule has 1 fully saturated rings. The van der Waals surface area contributed by atoms with Gasteiger partial charge in [-0.1, -0.05) is 29.3 Å². The van der Waals surface area contributed by atoms with Gasteiger partial charge >= 0.3 is 0 Å². The third-order valence-corrected chi connectivity index (χ3v) is 7.91. The molecule has 41 heavy (non-hydrogen) atoms. The molecule has 8 nitrogen and oxygen atoms in total. The zero-order chi connectivity index (χ0) is 29.3. The van der Waals surface area contributed by atoms with Crippen LogP contribution < -0.4 is 20.3 Å². The van der Waals surface area contributed by atoms with E-state index < -0.39 is 0 Å². The van der Waals surface area contributed by atoms with Gasteiger partial charge in [0.2, 0.25) is 5.91 Å². The molecule has 1 saturated heterocycles. The van der Waals surface area contributed by atoms with Gasteiger partial charge in [0.05, 0.1) is 41.3 Å². The van der Waals surface area contributed by atoms with Crippen LogP contribution in [0.2, 0.25) is 10.0 Å². The summed E-state index contributed by atoms with van der Waals surface area (Å²) in [5.41, 5.74) is 5.99. The number of aryl methyl sites for hydroxylation is 1. The largest absolute Gasteiger partial charge is 0.495 e. The van der Waals surface area contributed by atoms with Crippen molar-refractivity contribution >= 4 is 57.8 Å². The van der Waals surface area contributed by atoms with Crippen LogP contribution in [0.5, 0.6) is 5.75 Å². The fraction of sp³-hybridized carbons (Fsp3) is 0.233. The number of pyridine rings is 1. The molecule has 1 aliphatic heterocycles. The van der Waals surface area contributed by atoms with Crippen LogP contribution in [-0.4, -0.2) is 41.4 Å². The normalized spacial score (nSPS) is 16.5. The van der Waals surface area contributed by atoms with Crippen LogP contribution in [0.3, 0.4) is 0 Å². The van der Waals surface area contributed by atoms with E-state index in [2.05, 4.69) is 33.2 Å². The van der Waals surface area contributed by atoms with Crippen molar-refractivity contribution in [2.75, 3.05) is 31.0 Å². The van der Waals surface area contributed by atoms with Gasteiger partial charge in [-0.05, 0) is 86.2 Å². The van der Waals surface area contributed by atoms with Crippen molar-refractivity contribution in [3.8, 4) is 11.4 Å². The average Bonchev–Trinajstić information content (AvgIpc) is 3.45. The van der Waals surface area contributed by atoms with Gasteiger partial charge in [0, 0.05) is 35.4 Å². The maximum atomic E-state index is 12.1. The smallest absolute Gasteiger partial charge is 0.250 e. The van der Waals surface area contributed by atoms with Gasteiger partial charge in [-0.2, -0.15) is 0 Å². The van der Waals surface area contributed by atoms with Crippen molar-refractivity contribution in [2.24, 2.45) is 0 Å². The molecule has 2 N–H and O–H groups in total. The highest BCUT2D eigenvalue weighted by Crippen LogP contribution is 2.45. The lowest BCUT2D eigenvalue weighted by Crippen LogP contribution is -2.29. The van der Waals surface area contributed by atoms with E-state index in [-0.39, 0.29) is 24.6 Å². The first kappa shape index (κ1) is 28.9. The molecule has 0 bridgehead atoms. The van der Waals surface area contributed by atoms with E-state index in [9.17, 15) is 4.79 Å². The number of benzene rings is 2. The molecule has 0 spiro atoms. The van der Waals surface area contributed by atoms with E-state index in [0.29, 0.717) is 26.6 Å². The Morgan fingerprint density at radius 2 is 1.90 bits per heavy atom. The summed E-state index contributed by atoms with van der Waals surface area (Å²) in [4.78, 5) is 18.8. The molecule has 1 aliphatic rings. The minimum Gasteiger partial charge on any atom is -0.495 e. The average molecular weight is 611 g/mol. The third kappa shape index (κ3) is 5.63. The van der Waals surface area contributed by atoms with Crippen molar-refractivity contribution < 1.29 is 14.3 Å². The zero-order valence-corrected chi connectivity index (χ0v) is 25.3. The molecule has 4 aromatic rings. The first-order valence-corrected chi connectivity index (χ1v) is 14.0. The number of rotatable bonds is 8. The standard InChI is InChI=1S/C30H29Cl2N5O3S/c1-17-13-21(18(2)36(17)25-14-19(31)8-11-26(25)40-4)29-28(24-7-5-6-12-33-24)35-30(41)37(29)20-9-10-23(22(32)15-20)34-27(38)16-39-3/h5-15,28-29H,16H2,1-4H3,(H,34,38)(H,35,41)/t28-,29-/m0/s1. The quantitative estimate of drug-likeness (QED) is 0.219. The summed E-state index contributed by atoms with van der Waals surface area (Å²) < 4.78 is 12.7. The Balaban J connectivity index is 1.63. The summed E-state index contributed by atoms with van der Waals surface area (Å²) in [5.74, 6) is 0.413. The van der Waals surface area contributed by atoms with Crippen LogP contribution in [-0.2, 0) is 9.53 Å². The summed E-state index contributed by atoms with van der Waals surface area (Å²) in [5, 5.41) is 7.78. The van der Waals surface area contributed by atoms with Crippen LogP contribution >= 0.6 is 35.4 Å². The predicted octanol–water partition coefficient (Wildman–Crippen LogP) is 6.57. The number of hydrogen-bond donors (Lipinski definition) is 2. The maximum Gasteiger partial charge on any atom is 0.250 e. The molecule has 0 saturated carbocycles. The molecule has 1 amide bonds. The fourth-order valence-corrected chi connectivity index (χ4v) is 6.05. The first-order valence-electron chi connectivity index (χ1n) is 12.8. The van der Waals surface area contributed by atoms with E-state index >= 15 is 0 Å². The van der Waals surface area contributed by atoms with Crippen molar-refractivity contribution in [3.63, 3.8) is 0 Å². The fourth-order valence-electron chi connectivity index (χ4n) is 5.32. The number of nitrogens with one attached hydrogen (secondary N) is 2. The summed E-state index contributed by atoms with van der Waals surface area (Å²) >= 11 is 19.0. The maximum absolute atomic E-state index is 12.1. The lowest BCUT2D eigenvalue weighted by atomic mass is 9.96. The molecule has 11 heteroatoms. The minimum absolute atomic E-state index is 0.0704. The number of methoxy groups -OCH3 is 2. The Hall–Kier alpha value is -3.63. The highest BCUT2D eigenvalue weighted by molar-refractivity contribution is 7.80. The second-order valence-electron chi connectivity index (χ2n) is 9.62. The lowest BCUT2D eigenvalue weighted by Gasteiger charge is -2.28. The second-order valence-corrected chi connectivity index (χ2v) is 10.9. The number of amides is 1. The van der Waals surface area contributed by atoms with Crippen molar-refractivity contribution in [1.82, 2.24) is 14.9 Å². The van der Waals surface area contributed by atoms with Crippen molar-refractivity contribution in [1.29, 1.82) is 0 Å². The second kappa shape index (κ2) is 12.1. The van der Waals surface area contributed by atoms with Crippen LogP contribution in [0.25, 0.3) is 5.69 Å². The van der Waals surface area contributed by atoms with Gasteiger partial charge < -0.3 is 29.6 Å². The molecule has 0 aliphatic carbocycles. The number of carbonyl (C=O) groups is 1. The molecular weight excluding hydrogens is 581 g/mol. The van der Waals surface area contributed by atoms with Gasteiger partial charge in [0.1, 0.15) is 12.4 Å². The Morgan fingerprint density at radius 1 is 1.10 bits per heavy atom. The topological polar surface area (TPSA) is 80.7 Å². The summed E-state index contributed by atoms with van der Waals surface area (Å²) in [6.07, 6.45) is 1.77. The summed E-state index contributed by atoms with van der Waals surface area (Å²) in [6, 6.07) is 18.5. The van der Waals surface area contributed by atoms with E-state index in [1.165, 1.54) is 7.11 Å². The Bertz CT molecular complexity index is 1610. The Kier molecular flexibility index (Phi) is 8.51. The first-order chi connectivity index (χ1) is 19.7. The number of halogens is 2. The number of hydrogen-bond acceptors (Lipinski definition) is 5. The van der Waals surface area contributed by atoms with Gasteiger partial charge in [-0.3, -0.25) is 9.78 Å². The molecular formula is C30H29Cl2N5O3S. The third-order valence-electron chi connectivity index (χ3n) is 7.05. The van der Waals surface area contributed by atoms with Crippen LogP contribution in [0.1, 0.15) is 34.7 Å². The van der Waals surface area contributed by atoms with Gasteiger partial charge in [0.25, 0.3) is 0 Å². The van der Waals surface area contributed by atoms with E-state index in [1.54, 1.807) is 25.4 Å². The number of ether oxygens (including phenoxy) is 2. The van der Waals surface area contributed by atoms with Gasteiger partial charge in [-0.25, -0.2) is 0 Å². The number of aromatic nitrogens is 2. The van der Waals surface area contributed by atoms with Gasteiger partial charge in [-0.15, -0.1) is 0 Å². The van der Waals surface area contributed by atoms with Crippen LogP contribution in [0.15, 0.2) is 66.9 Å². The molecule has 212 valence electrons. The molecule has 0 radical (unpaired) electrons. The zero-order valence-electron chi connectivity index (χ0n) is 22.9. The number of carbonyl (C=O) groups excluding carboxylic acids is 1. The molecule has 5 rings (SSSR count). The molecule has 2 atom stereocenters. The lowest BCUT2D eigenvalue weighted by molar-refractivity contribution is -0.119. The highest BCUT2D eigenvalue weighted by atomic mass is 35.5.